The standard InChI is InChI=1S/C16H40OSi6/c1-18(2)15-19(3,4)22(9,10)16(13-14-17,21(18,7)8)23(11,12)20(15,5)6/h14-15H,13H2,1-12H3. The van der Waals surface area contributed by atoms with Crippen molar-refractivity contribution in [1.82, 2.24) is 0 Å². The SMILES string of the molecule is C[Si]1(C)C2[Si](C)(C)[Si](C)(C)C(CC=O)([Si]1(C)C)[Si](C)(C)[Si]2(C)C. The summed E-state index contributed by atoms with van der Waals surface area (Å²) in [5.41, 5.74) is 0. The second-order valence-electron chi connectivity index (χ2n) is 11.7. The molecule has 134 valence electrons. The molecule has 0 radical (unpaired) electrons. The van der Waals surface area contributed by atoms with Crippen molar-refractivity contribution < 1.29 is 4.79 Å². The minimum atomic E-state index is -1.42. The molecule has 0 aromatic heterocycles. The maximum Gasteiger partial charge on any atom is 0.119 e. The molecule has 0 N–H and O–H groups in total. The van der Waals surface area contributed by atoms with Gasteiger partial charge in [-0.2, -0.15) is 0 Å². The van der Waals surface area contributed by atoms with Gasteiger partial charge >= 0.3 is 0 Å². The van der Waals surface area contributed by atoms with Crippen LogP contribution in [-0.2, 0) is 4.79 Å². The van der Waals surface area contributed by atoms with Gasteiger partial charge in [-0.05, 0) is 4.28 Å². The van der Waals surface area contributed by atoms with Crippen molar-refractivity contribution in [3.8, 4) is 0 Å². The molecule has 23 heavy (non-hydrogen) atoms. The van der Waals surface area contributed by atoms with Crippen LogP contribution in [0.5, 0.6) is 0 Å². The quantitative estimate of drug-likeness (QED) is 0.437. The van der Waals surface area contributed by atoms with Crippen molar-refractivity contribution in [1.29, 1.82) is 0 Å². The molecule has 2 bridgehead atoms. The zero-order valence-electron chi connectivity index (χ0n) is 17.8. The lowest BCUT2D eigenvalue weighted by molar-refractivity contribution is -0.107. The molecule has 3 heterocycles. The Balaban J connectivity index is 3.05. The molecule has 3 aliphatic rings. The van der Waals surface area contributed by atoms with Crippen LogP contribution in [0.15, 0.2) is 0 Å². The van der Waals surface area contributed by atoms with Crippen molar-refractivity contribution in [3.63, 3.8) is 0 Å². The van der Waals surface area contributed by atoms with E-state index in [0.29, 0.717) is 4.28 Å². The predicted octanol–water partition coefficient (Wildman–Crippen LogP) is 5.36. The van der Waals surface area contributed by atoms with Crippen molar-refractivity contribution >= 4 is 51.8 Å². The lowest BCUT2D eigenvalue weighted by Gasteiger charge is -2.84. The topological polar surface area (TPSA) is 17.1 Å². The van der Waals surface area contributed by atoms with Gasteiger partial charge in [0, 0.05) is 52.0 Å². The van der Waals surface area contributed by atoms with Gasteiger partial charge in [0.05, 0.1) is 0 Å². The number of hydrogen-bond donors (Lipinski definition) is 0. The number of rotatable bonds is 2. The Morgan fingerprint density at radius 1 is 0.652 bits per heavy atom. The van der Waals surface area contributed by atoms with Crippen LogP contribution in [0, 0.1) is 0 Å². The molecular formula is C16H40OSi6. The van der Waals surface area contributed by atoms with Gasteiger partial charge in [0.15, 0.2) is 0 Å². The Morgan fingerprint density at radius 2 is 0.913 bits per heavy atom. The Morgan fingerprint density at radius 3 is 1.13 bits per heavy atom. The Labute approximate surface area is 150 Å². The van der Waals surface area contributed by atoms with E-state index in [4.69, 9.17) is 0 Å². The average Bonchev–Trinajstić information content (AvgIpc) is 2.30. The van der Waals surface area contributed by atoms with Crippen LogP contribution in [0.3, 0.4) is 0 Å². The highest BCUT2D eigenvalue weighted by molar-refractivity contribution is 7.76. The molecule has 3 fully saturated rings. The van der Waals surface area contributed by atoms with Gasteiger partial charge in [-0.3, -0.25) is 0 Å². The number of aldehydes is 1. The molecule has 0 unspecified atom stereocenters. The Kier molecular flexibility index (Phi) is 4.25. The minimum absolute atomic E-state index is 0.560. The van der Waals surface area contributed by atoms with Gasteiger partial charge in [0.25, 0.3) is 0 Å². The second kappa shape index (κ2) is 4.82. The molecule has 3 saturated heterocycles. The van der Waals surface area contributed by atoms with Gasteiger partial charge < -0.3 is 4.79 Å². The summed E-state index contributed by atoms with van der Waals surface area (Å²) in [6.07, 6.45) is 2.32. The smallest absolute Gasteiger partial charge is 0.119 e. The molecule has 3 rings (SSSR count). The van der Waals surface area contributed by atoms with Gasteiger partial charge in [0.2, 0.25) is 0 Å². The monoisotopic (exact) mass is 416 g/mol. The number of hydrogen-bond acceptors (Lipinski definition) is 1. The summed E-state index contributed by atoms with van der Waals surface area (Å²) in [5, 5.41) is 0. The van der Waals surface area contributed by atoms with E-state index in [2.05, 4.69) is 78.6 Å². The maximum absolute atomic E-state index is 12.1. The number of carbonyl (C=O) groups excluding carboxylic acids is 1. The molecule has 0 aliphatic carbocycles. The normalized spacial score (nSPS) is 40.6. The third-order valence-corrected chi connectivity index (χ3v) is 101. The molecule has 0 amide bonds. The Hall–Kier alpha value is 0.971. The molecular weight excluding hydrogens is 377 g/mol. The molecule has 0 spiro atoms. The van der Waals surface area contributed by atoms with Crippen molar-refractivity contribution in [2.75, 3.05) is 0 Å². The van der Waals surface area contributed by atoms with Crippen LogP contribution in [0.2, 0.25) is 87.6 Å². The summed E-state index contributed by atoms with van der Waals surface area (Å²) < 4.78 is 0.560. The first-order chi connectivity index (χ1) is 9.93. The highest BCUT2D eigenvalue weighted by Crippen LogP contribution is 2.75. The summed E-state index contributed by atoms with van der Waals surface area (Å²) in [4.78, 5) is 13.3. The van der Waals surface area contributed by atoms with Crippen LogP contribution in [0.25, 0.3) is 0 Å². The third-order valence-electron chi connectivity index (χ3n) is 10.6. The third kappa shape index (κ3) is 1.71. The van der Waals surface area contributed by atoms with Crippen LogP contribution in [0.1, 0.15) is 6.42 Å². The number of carbonyl (C=O) groups is 1. The fraction of sp³-hybridized carbons (Fsp3) is 0.938. The van der Waals surface area contributed by atoms with Crippen LogP contribution < -0.4 is 0 Å². The van der Waals surface area contributed by atoms with E-state index in [1.54, 1.807) is 0 Å². The lowest BCUT2D eigenvalue weighted by Crippen LogP contribution is -3.00. The molecule has 3 aliphatic heterocycles. The van der Waals surface area contributed by atoms with Crippen molar-refractivity contribution in [2.45, 2.75) is 94.1 Å². The van der Waals surface area contributed by atoms with Gasteiger partial charge in [0.1, 0.15) is 6.29 Å². The molecule has 0 aromatic carbocycles. The van der Waals surface area contributed by atoms with E-state index in [0.717, 1.165) is 6.42 Å². The van der Waals surface area contributed by atoms with E-state index in [-0.39, 0.29) is 0 Å². The first kappa shape index (κ1) is 20.3. The van der Waals surface area contributed by atoms with E-state index in [9.17, 15) is 4.79 Å². The second-order valence-corrected chi connectivity index (χ2v) is 62.2. The highest BCUT2D eigenvalue weighted by Gasteiger charge is 2.86. The first-order valence-corrected chi connectivity index (χ1v) is 30.6. The van der Waals surface area contributed by atoms with Crippen molar-refractivity contribution in [3.05, 3.63) is 0 Å². The molecule has 7 heteroatoms. The van der Waals surface area contributed by atoms with E-state index < -0.39 is 45.5 Å². The zero-order valence-corrected chi connectivity index (χ0v) is 23.8. The van der Waals surface area contributed by atoms with Gasteiger partial charge in [-0.1, -0.05) is 83.4 Å². The minimum Gasteiger partial charge on any atom is -0.303 e. The average molecular weight is 417 g/mol. The fourth-order valence-electron chi connectivity index (χ4n) is 8.67. The van der Waals surface area contributed by atoms with Crippen LogP contribution in [0.4, 0.5) is 0 Å². The van der Waals surface area contributed by atoms with Crippen molar-refractivity contribution in [2.24, 2.45) is 0 Å². The first-order valence-electron chi connectivity index (χ1n) is 9.36. The van der Waals surface area contributed by atoms with Gasteiger partial charge in [-0.15, -0.1) is 0 Å². The summed E-state index contributed by atoms with van der Waals surface area (Å²) in [6, 6.07) is 0. The van der Waals surface area contributed by atoms with Crippen LogP contribution in [-0.4, -0.2) is 51.8 Å². The van der Waals surface area contributed by atoms with Crippen LogP contribution >= 0.6 is 0 Å². The summed E-state index contributed by atoms with van der Waals surface area (Å²) in [5.74, 6) is 0. The van der Waals surface area contributed by atoms with E-state index in [1.807, 2.05) is 0 Å². The fourth-order valence-corrected chi connectivity index (χ4v) is 154. The predicted molar refractivity (Wildman–Crippen MR) is 122 cm³/mol. The zero-order chi connectivity index (χ0) is 18.5. The van der Waals surface area contributed by atoms with E-state index >= 15 is 0 Å². The summed E-state index contributed by atoms with van der Waals surface area (Å²) in [7, 11) is -8.10. The largest absolute Gasteiger partial charge is 0.303 e. The molecule has 1 nitrogen and oxygen atoms in total. The molecule has 0 saturated carbocycles. The van der Waals surface area contributed by atoms with Gasteiger partial charge in [-0.25, -0.2) is 0 Å². The summed E-state index contributed by atoms with van der Waals surface area (Å²) >= 11 is 0. The molecule has 0 atom stereocenters. The Bertz CT molecular complexity index is 477. The highest BCUT2D eigenvalue weighted by atomic mass is 29.4. The number of fused-ring (bicyclic) bond motifs is 3. The van der Waals surface area contributed by atoms with E-state index in [1.165, 1.54) is 11.1 Å². The molecule has 0 aromatic rings. The summed E-state index contributed by atoms with van der Waals surface area (Å²) in [6.45, 7) is 33.2. The maximum atomic E-state index is 12.1. The lowest BCUT2D eigenvalue weighted by atomic mass is 10.5.